The zero-order chi connectivity index (χ0) is 30.7. The number of halogens is 4. The molecule has 1 aliphatic heterocycles. The predicted molar refractivity (Wildman–Crippen MR) is 176 cm³/mol. The van der Waals surface area contributed by atoms with E-state index in [2.05, 4.69) is 20.9 Å². The van der Waals surface area contributed by atoms with Crippen LogP contribution in [0.4, 0.5) is 20.2 Å². The molecule has 2 amide bonds. The Morgan fingerprint density at radius 1 is 0.870 bits per heavy atom. The molecule has 1 aliphatic carbocycles. The van der Waals surface area contributed by atoms with E-state index in [0.29, 0.717) is 59.2 Å². The first-order valence-electron chi connectivity index (χ1n) is 14.5. The average Bonchev–Trinajstić information content (AvgIpc) is 3.85. The molecule has 13 heteroatoms. The van der Waals surface area contributed by atoms with E-state index in [-0.39, 0.29) is 36.3 Å². The summed E-state index contributed by atoms with van der Waals surface area (Å²) in [4.78, 5) is 30.3. The van der Waals surface area contributed by atoms with Gasteiger partial charge in [-0.3, -0.25) is 14.6 Å². The van der Waals surface area contributed by atoms with Gasteiger partial charge in [0, 0.05) is 35.1 Å². The van der Waals surface area contributed by atoms with Gasteiger partial charge in [0.25, 0.3) is 0 Å². The standard InChI is InChI=1S/C33H32F2N4O5.2ClH/c1-42-29-18-26-24(17-30(29)43-19-20-8-13-36-14-9-20)27(10-15-37-26)44-28-7-6-23(16-25(28)35)39-32(41)33(11-12-33)31(40)38-22-4-2-21(34)3-5-22;;/h2-7,10,15-18,20,36H,8-9,11-14,19H2,1H3,(H,38,40)(H,39,41);2*1H. The summed E-state index contributed by atoms with van der Waals surface area (Å²) in [5, 5.41) is 9.26. The lowest BCUT2D eigenvalue weighted by Crippen LogP contribution is -2.35. The molecule has 0 unspecified atom stereocenters. The highest BCUT2D eigenvalue weighted by Gasteiger charge is 2.56. The minimum atomic E-state index is -1.27. The van der Waals surface area contributed by atoms with Crippen molar-refractivity contribution in [1.29, 1.82) is 0 Å². The number of nitrogens with one attached hydrogen (secondary N) is 3. The number of pyridine rings is 1. The molecular weight excluding hydrogens is 641 g/mol. The maximum absolute atomic E-state index is 15.3. The lowest BCUT2D eigenvalue weighted by atomic mass is 9.99. The van der Waals surface area contributed by atoms with Crippen molar-refractivity contribution in [2.75, 3.05) is 37.4 Å². The topological polar surface area (TPSA) is 111 Å². The van der Waals surface area contributed by atoms with E-state index < -0.39 is 28.9 Å². The number of carbonyl (C=O) groups is 2. The number of hydrogen-bond acceptors (Lipinski definition) is 7. The molecule has 9 nitrogen and oxygen atoms in total. The zero-order valence-corrected chi connectivity index (χ0v) is 26.6. The first kappa shape index (κ1) is 34.7. The fourth-order valence-corrected chi connectivity index (χ4v) is 5.24. The molecular formula is C33H34Cl2F2N4O5. The first-order valence-corrected chi connectivity index (χ1v) is 14.5. The SMILES string of the molecule is COc1cc2nccc(Oc3ccc(NC(=O)C4(C(=O)Nc5ccc(F)cc5)CC4)cc3F)c2cc1OCC1CCNCC1.Cl.Cl. The molecule has 1 saturated heterocycles. The van der Waals surface area contributed by atoms with Gasteiger partial charge >= 0.3 is 0 Å². The second-order valence-corrected chi connectivity index (χ2v) is 11.1. The number of ether oxygens (including phenoxy) is 3. The minimum absolute atomic E-state index is 0. The Balaban J connectivity index is 0.00000240. The highest BCUT2D eigenvalue weighted by molar-refractivity contribution is 6.16. The van der Waals surface area contributed by atoms with Crippen molar-refractivity contribution in [2.24, 2.45) is 11.3 Å². The van der Waals surface area contributed by atoms with Gasteiger partial charge in [0.2, 0.25) is 11.8 Å². The molecule has 2 aliphatic rings. The lowest BCUT2D eigenvalue weighted by molar-refractivity contribution is -0.131. The highest BCUT2D eigenvalue weighted by atomic mass is 35.5. The molecule has 0 bridgehead atoms. The Kier molecular flexibility index (Phi) is 11.3. The van der Waals surface area contributed by atoms with Gasteiger partial charge in [0.05, 0.1) is 19.2 Å². The highest BCUT2D eigenvalue weighted by Crippen LogP contribution is 2.47. The number of benzene rings is 3. The van der Waals surface area contributed by atoms with Gasteiger partial charge in [-0.15, -0.1) is 24.8 Å². The van der Waals surface area contributed by atoms with E-state index in [0.717, 1.165) is 32.0 Å². The van der Waals surface area contributed by atoms with E-state index >= 15 is 4.39 Å². The Labute approximate surface area is 277 Å². The van der Waals surface area contributed by atoms with Gasteiger partial charge in [-0.1, -0.05) is 0 Å². The number of carbonyl (C=O) groups excluding carboxylic acids is 2. The summed E-state index contributed by atoms with van der Waals surface area (Å²) in [6, 6.07) is 14.5. The van der Waals surface area contributed by atoms with E-state index in [9.17, 15) is 14.0 Å². The first-order chi connectivity index (χ1) is 21.3. The maximum Gasteiger partial charge on any atom is 0.240 e. The molecule has 46 heavy (non-hydrogen) atoms. The van der Waals surface area contributed by atoms with Crippen LogP contribution in [-0.4, -0.2) is 43.6 Å². The van der Waals surface area contributed by atoms with Crippen molar-refractivity contribution in [2.45, 2.75) is 25.7 Å². The van der Waals surface area contributed by atoms with Crippen LogP contribution in [-0.2, 0) is 9.59 Å². The number of nitrogens with zero attached hydrogens (tertiary/aromatic N) is 1. The number of hydrogen-bond donors (Lipinski definition) is 3. The molecule has 1 saturated carbocycles. The quantitative estimate of drug-likeness (QED) is 0.157. The minimum Gasteiger partial charge on any atom is -0.493 e. The molecule has 4 aromatic rings. The van der Waals surface area contributed by atoms with Crippen LogP contribution in [0.3, 0.4) is 0 Å². The summed E-state index contributed by atoms with van der Waals surface area (Å²) in [5.41, 5.74) is -0.124. The molecule has 2 heterocycles. The van der Waals surface area contributed by atoms with Crippen LogP contribution in [0, 0.1) is 23.0 Å². The van der Waals surface area contributed by atoms with E-state index in [1.165, 1.54) is 36.4 Å². The third-order valence-electron chi connectivity index (χ3n) is 8.05. The monoisotopic (exact) mass is 674 g/mol. The summed E-state index contributed by atoms with van der Waals surface area (Å²) < 4.78 is 46.1. The van der Waals surface area contributed by atoms with Crippen molar-refractivity contribution in [3.63, 3.8) is 0 Å². The molecule has 0 radical (unpaired) electrons. The number of aromatic nitrogens is 1. The van der Waals surface area contributed by atoms with Crippen LogP contribution in [0.15, 0.2) is 66.9 Å². The normalized spacial score (nSPS) is 15.1. The molecule has 3 aromatic carbocycles. The number of amides is 2. The van der Waals surface area contributed by atoms with Crippen LogP contribution >= 0.6 is 24.8 Å². The summed E-state index contributed by atoms with van der Waals surface area (Å²) in [7, 11) is 1.57. The fraction of sp³-hybridized carbons (Fsp3) is 0.303. The number of piperidine rings is 1. The molecule has 0 atom stereocenters. The van der Waals surface area contributed by atoms with Gasteiger partial charge in [-0.25, -0.2) is 8.78 Å². The fourth-order valence-electron chi connectivity index (χ4n) is 5.24. The second kappa shape index (κ2) is 14.9. The van der Waals surface area contributed by atoms with Gasteiger partial charge in [0.1, 0.15) is 17.0 Å². The van der Waals surface area contributed by atoms with E-state index in [1.54, 1.807) is 31.5 Å². The summed E-state index contributed by atoms with van der Waals surface area (Å²) in [6.07, 6.45) is 4.32. The third-order valence-corrected chi connectivity index (χ3v) is 8.05. The third kappa shape index (κ3) is 7.60. The maximum atomic E-state index is 15.3. The molecule has 244 valence electrons. The Bertz CT molecular complexity index is 1700. The van der Waals surface area contributed by atoms with Crippen LogP contribution < -0.4 is 30.2 Å². The Hall–Kier alpha value is -4.19. The van der Waals surface area contributed by atoms with Crippen LogP contribution in [0.1, 0.15) is 25.7 Å². The van der Waals surface area contributed by atoms with Crippen molar-refractivity contribution in [3.05, 3.63) is 78.5 Å². The largest absolute Gasteiger partial charge is 0.493 e. The molecule has 3 N–H and O–H groups in total. The Morgan fingerprint density at radius 3 is 2.20 bits per heavy atom. The summed E-state index contributed by atoms with van der Waals surface area (Å²) in [6.45, 7) is 2.48. The van der Waals surface area contributed by atoms with Crippen molar-refractivity contribution in [3.8, 4) is 23.0 Å². The number of fused-ring (bicyclic) bond motifs is 1. The molecule has 6 rings (SSSR count). The van der Waals surface area contributed by atoms with E-state index in [4.69, 9.17) is 14.2 Å². The molecule has 1 aromatic heterocycles. The van der Waals surface area contributed by atoms with Crippen LogP contribution in [0.5, 0.6) is 23.0 Å². The van der Waals surface area contributed by atoms with Crippen molar-refractivity contribution >= 4 is 58.9 Å². The van der Waals surface area contributed by atoms with Crippen LogP contribution in [0.2, 0.25) is 0 Å². The number of rotatable bonds is 10. The van der Waals surface area contributed by atoms with Crippen LogP contribution in [0.25, 0.3) is 10.9 Å². The van der Waals surface area contributed by atoms with E-state index in [1.807, 2.05) is 0 Å². The number of anilines is 2. The van der Waals surface area contributed by atoms with Gasteiger partial charge < -0.3 is 30.2 Å². The summed E-state index contributed by atoms with van der Waals surface area (Å²) >= 11 is 0. The lowest BCUT2D eigenvalue weighted by Gasteiger charge is -2.23. The average molecular weight is 676 g/mol. The summed E-state index contributed by atoms with van der Waals surface area (Å²) in [5.74, 6) is -0.339. The van der Waals surface area contributed by atoms with Crippen molar-refractivity contribution < 1.29 is 32.6 Å². The Morgan fingerprint density at radius 2 is 1.54 bits per heavy atom. The molecule has 2 fully saturated rings. The van der Waals surface area contributed by atoms with Gasteiger partial charge in [0.15, 0.2) is 23.1 Å². The predicted octanol–water partition coefficient (Wildman–Crippen LogP) is 6.89. The van der Waals surface area contributed by atoms with Gasteiger partial charge in [-0.05, 0) is 93.2 Å². The molecule has 0 spiro atoms. The smallest absolute Gasteiger partial charge is 0.240 e. The van der Waals surface area contributed by atoms with Gasteiger partial charge in [-0.2, -0.15) is 0 Å². The van der Waals surface area contributed by atoms with Crippen molar-refractivity contribution in [1.82, 2.24) is 10.3 Å². The second-order valence-electron chi connectivity index (χ2n) is 11.1. The zero-order valence-electron chi connectivity index (χ0n) is 24.9. The number of methoxy groups -OCH3 is 1.